The van der Waals surface area contributed by atoms with Crippen molar-refractivity contribution in [2.24, 2.45) is 5.73 Å². The number of carbonyl (C=O) groups is 1. The average Bonchev–Trinajstić information content (AvgIpc) is 2.17. The number of nitrogens with two attached hydrogens (primary N) is 1. The summed E-state index contributed by atoms with van der Waals surface area (Å²) in [5, 5.41) is 0. The fourth-order valence-electron chi connectivity index (χ4n) is 1.24. The van der Waals surface area contributed by atoms with Crippen molar-refractivity contribution in [3.05, 3.63) is 35.1 Å². The Morgan fingerprint density at radius 1 is 1.41 bits per heavy atom. The molecule has 0 saturated carbocycles. The van der Waals surface area contributed by atoms with Crippen molar-refractivity contribution in [2.45, 2.75) is 26.1 Å². The first-order valence-electron chi connectivity index (χ1n) is 5.38. The van der Waals surface area contributed by atoms with Gasteiger partial charge in [-0.3, -0.25) is 4.79 Å². The normalized spacial score (nSPS) is 10.6. The van der Waals surface area contributed by atoms with Crippen LogP contribution in [-0.2, 0) is 11.2 Å². The van der Waals surface area contributed by atoms with Crippen LogP contribution in [0.15, 0.2) is 18.2 Å². The highest BCUT2D eigenvalue weighted by Gasteiger charge is 2.09. The molecule has 0 aliphatic heterocycles. The van der Waals surface area contributed by atoms with E-state index in [1.54, 1.807) is 12.1 Å². The van der Waals surface area contributed by atoms with Gasteiger partial charge in [-0.1, -0.05) is 25.6 Å². The summed E-state index contributed by atoms with van der Waals surface area (Å²) in [6.45, 7) is 6.40. The largest absolute Gasteiger partial charge is 0.369 e. The molecule has 90 valence electrons. The lowest BCUT2D eigenvalue weighted by atomic mass is 10.1. The van der Waals surface area contributed by atoms with Gasteiger partial charge >= 0.3 is 0 Å². The molecule has 1 amide bonds. The maximum absolute atomic E-state index is 13.4. The van der Waals surface area contributed by atoms with Gasteiger partial charge in [0.15, 0.2) is 0 Å². The van der Waals surface area contributed by atoms with E-state index in [1.165, 1.54) is 6.07 Å². The molecular formula is C13H16FNOSi. The summed E-state index contributed by atoms with van der Waals surface area (Å²) in [7, 11) is -1.45. The molecule has 2 nitrogen and oxygen atoms in total. The van der Waals surface area contributed by atoms with E-state index < -0.39 is 19.8 Å². The van der Waals surface area contributed by atoms with Crippen molar-refractivity contribution in [3.63, 3.8) is 0 Å². The number of hydrogen-bond donors (Lipinski definition) is 1. The molecule has 0 bridgehead atoms. The molecule has 2 N–H and O–H groups in total. The van der Waals surface area contributed by atoms with E-state index in [0.29, 0.717) is 5.56 Å². The Hall–Kier alpha value is -1.60. The van der Waals surface area contributed by atoms with E-state index >= 15 is 0 Å². The number of primary amides is 1. The van der Waals surface area contributed by atoms with Crippen LogP contribution in [0.25, 0.3) is 0 Å². The van der Waals surface area contributed by atoms with Crippen LogP contribution in [0.1, 0.15) is 11.1 Å². The van der Waals surface area contributed by atoms with Crippen LogP contribution in [-0.4, -0.2) is 14.0 Å². The van der Waals surface area contributed by atoms with E-state index in [-0.39, 0.29) is 6.42 Å². The van der Waals surface area contributed by atoms with Crippen LogP contribution in [0.3, 0.4) is 0 Å². The number of halogens is 1. The van der Waals surface area contributed by atoms with E-state index in [2.05, 4.69) is 31.1 Å². The highest BCUT2D eigenvalue weighted by Crippen LogP contribution is 2.11. The second-order valence-corrected chi connectivity index (χ2v) is 9.70. The zero-order chi connectivity index (χ0) is 13.1. The van der Waals surface area contributed by atoms with Crippen molar-refractivity contribution < 1.29 is 9.18 Å². The number of hydrogen-bond acceptors (Lipinski definition) is 1. The minimum absolute atomic E-state index is 0.0890. The number of carbonyl (C=O) groups excluding carboxylic acids is 1. The molecule has 0 aliphatic rings. The second kappa shape index (κ2) is 5.15. The Labute approximate surface area is 102 Å². The molecule has 1 rings (SSSR count). The van der Waals surface area contributed by atoms with Gasteiger partial charge in [0, 0.05) is 5.56 Å². The molecule has 0 aliphatic carbocycles. The Morgan fingerprint density at radius 2 is 2.06 bits per heavy atom. The standard InChI is InChI=1S/C13H16FNOSi/c1-17(2,3)7-6-10-4-5-12(14)11(8-10)9-13(15)16/h4-5,8H,9H2,1-3H3,(H2,15,16). The van der Waals surface area contributed by atoms with Crippen LogP contribution < -0.4 is 5.73 Å². The molecule has 0 radical (unpaired) electrons. The zero-order valence-corrected chi connectivity index (χ0v) is 11.3. The summed E-state index contributed by atoms with van der Waals surface area (Å²) in [4.78, 5) is 10.8. The lowest BCUT2D eigenvalue weighted by Crippen LogP contribution is -2.16. The van der Waals surface area contributed by atoms with Gasteiger partial charge in [-0.15, -0.1) is 5.54 Å². The van der Waals surface area contributed by atoms with Gasteiger partial charge in [0.05, 0.1) is 6.42 Å². The fraction of sp³-hybridized carbons (Fsp3) is 0.308. The molecule has 0 fully saturated rings. The number of rotatable bonds is 2. The van der Waals surface area contributed by atoms with Crippen LogP contribution >= 0.6 is 0 Å². The van der Waals surface area contributed by atoms with Crippen molar-refractivity contribution in [2.75, 3.05) is 0 Å². The summed E-state index contributed by atoms with van der Waals surface area (Å²) in [5.74, 6) is 2.06. The van der Waals surface area contributed by atoms with Crippen LogP contribution in [0.5, 0.6) is 0 Å². The van der Waals surface area contributed by atoms with E-state index in [0.717, 1.165) is 5.56 Å². The highest BCUT2D eigenvalue weighted by molar-refractivity contribution is 6.83. The predicted octanol–water partition coefficient (Wildman–Crippen LogP) is 2.08. The minimum Gasteiger partial charge on any atom is -0.369 e. The van der Waals surface area contributed by atoms with Crippen LogP contribution in [0.4, 0.5) is 4.39 Å². The van der Waals surface area contributed by atoms with Gasteiger partial charge in [0.1, 0.15) is 13.9 Å². The average molecular weight is 249 g/mol. The summed E-state index contributed by atoms with van der Waals surface area (Å²) >= 11 is 0. The third kappa shape index (κ3) is 4.83. The highest BCUT2D eigenvalue weighted by atomic mass is 28.3. The molecule has 0 saturated heterocycles. The Morgan fingerprint density at radius 3 is 2.59 bits per heavy atom. The van der Waals surface area contributed by atoms with Gasteiger partial charge in [-0.05, 0) is 23.8 Å². The summed E-state index contributed by atoms with van der Waals surface area (Å²) < 4.78 is 13.4. The molecule has 0 spiro atoms. The van der Waals surface area contributed by atoms with Gasteiger partial charge in [0.2, 0.25) is 5.91 Å². The molecule has 4 heteroatoms. The van der Waals surface area contributed by atoms with E-state index in [9.17, 15) is 9.18 Å². The maximum Gasteiger partial charge on any atom is 0.221 e. The predicted molar refractivity (Wildman–Crippen MR) is 69.5 cm³/mol. The monoisotopic (exact) mass is 249 g/mol. The third-order valence-corrected chi connectivity index (χ3v) is 2.87. The summed E-state index contributed by atoms with van der Waals surface area (Å²) in [6, 6.07) is 4.53. The van der Waals surface area contributed by atoms with Gasteiger partial charge in [-0.25, -0.2) is 4.39 Å². The van der Waals surface area contributed by atoms with Gasteiger partial charge in [0.25, 0.3) is 0 Å². The molecule has 0 atom stereocenters. The van der Waals surface area contributed by atoms with Crippen molar-refractivity contribution >= 4 is 14.0 Å². The van der Waals surface area contributed by atoms with Crippen LogP contribution in [0.2, 0.25) is 19.6 Å². The van der Waals surface area contributed by atoms with Crippen molar-refractivity contribution in [1.29, 1.82) is 0 Å². The number of amides is 1. The second-order valence-electron chi connectivity index (χ2n) is 4.95. The molecular weight excluding hydrogens is 233 g/mol. The Balaban J connectivity index is 3.03. The minimum atomic E-state index is -1.45. The fourth-order valence-corrected chi connectivity index (χ4v) is 1.75. The molecule has 1 aromatic carbocycles. The van der Waals surface area contributed by atoms with E-state index in [1.807, 2.05) is 0 Å². The van der Waals surface area contributed by atoms with E-state index in [4.69, 9.17) is 5.73 Å². The first-order valence-corrected chi connectivity index (χ1v) is 8.88. The SMILES string of the molecule is C[Si](C)(C)C#Cc1ccc(F)c(CC(N)=O)c1. The Bertz CT molecular complexity index is 494. The number of benzene rings is 1. The summed E-state index contributed by atoms with van der Waals surface area (Å²) in [5.41, 5.74) is 9.27. The molecule has 17 heavy (non-hydrogen) atoms. The quantitative estimate of drug-likeness (QED) is 0.633. The third-order valence-electron chi connectivity index (χ3n) is 1.99. The lowest BCUT2D eigenvalue weighted by Gasteiger charge is -2.04. The molecule has 1 aromatic rings. The molecule has 0 aromatic heterocycles. The van der Waals surface area contributed by atoms with Gasteiger partial charge in [-0.2, -0.15) is 0 Å². The molecule has 0 unspecified atom stereocenters. The molecule has 0 heterocycles. The van der Waals surface area contributed by atoms with Crippen molar-refractivity contribution in [1.82, 2.24) is 0 Å². The zero-order valence-electron chi connectivity index (χ0n) is 10.3. The van der Waals surface area contributed by atoms with Crippen molar-refractivity contribution in [3.8, 4) is 11.5 Å². The Kier molecular flexibility index (Phi) is 4.08. The van der Waals surface area contributed by atoms with Gasteiger partial charge < -0.3 is 5.73 Å². The maximum atomic E-state index is 13.4. The first-order chi connectivity index (χ1) is 7.78. The smallest absolute Gasteiger partial charge is 0.221 e. The topological polar surface area (TPSA) is 43.1 Å². The lowest BCUT2D eigenvalue weighted by molar-refractivity contribution is -0.117. The first kappa shape index (κ1) is 13.5. The summed E-state index contributed by atoms with van der Waals surface area (Å²) in [6.07, 6.45) is -0.0890. The van der Waals surface area contributed by atoms with Crippen LogP contribution in [0, 0.1) is 17.3 Å².